The molecule has 7 heteroatoms. The SMILES string of the molecule is CCCCCCCCCCC([O-])=N[C@@H](CC(C)C)C(=O)N[C@@H](C)C(=O)O.[Na+]. The van der Waals surface area contributed by atoms with Gasteiger partial charge in [-0.25, -0.2) is 0 Å². The number of aliphatic carboxylic acids is 1. The first-order valence-electron chi connectivity index (χ1n) is 10.0. The van der Waals surface area contributed by atoms with E-state index in [1.807, 2.05) is 13.8 Å². The van der Waals surface area contributed by atoms with Gasteiger partial charge in [-0.05, 0) is 38.0 Å². The Kier molecular flexibility index (Phi) is 18.6. The molecule has 0 aliphatic rings. The molecule has 0 fully saturated rings. The normalized spacial score (nSPS) is 13.7. The Labute approximate surface area is 186 Å². The van der Waals surface area contributed by atoms with Gasteiger partial charge in [0.2, 0.25) is 5.91 Å². The van der Waals surface area contributed by atoms with E-state index in [1.54, 1.807) is 0 Å². The fraction of sp³-hybridized carbons (Fsp3) is 0.850. The molecule has 0 spiro atoms. The molecule has 0 aliphatic carbocycles. The van der Waals surface area contributed by atoms with Crippen LogP contribution in [0.25, 0.3) is 0 Å². The van der Waals surface area contributed by atoms with Crippen molar-refractivity contribution in [2.45, 2.75) is 104 Å². The minimum atomic E-state index is -1.10. The number of carbonyl (C=O) groups excluding carboxylic acids is 1. The number of hydrogen-bond acceptors (Lipinski definition) is 4. The van der Waals surface area contributed by atoms with Crippen LogP contribution in [0.4, 0.5) is 0 Å². The number of hydrogen-bond donors (Lipinski definition) is 2. The number of carbonyl (C=O) groups is 2. The van der Waals surface area contributed by atoms with E-state index in [1.165, 1.54) is 39.0 Å². The molecule has 0 bridgehead atoms. The average Bonchev–Trinajstić information content (AvgIpc) is 2.56. The van der Waals surface area contributed by atoms with Crippen molar-refractivity contribution < 1.29 is 49.4 Å². The zero-order valence-corrected chi connectivity index (χ0v) is 19.9. The fourth-order valence-corrected chi connectivity index (χ4v) is 2.68. The number of carboxylic acids is 1. The van der Waals surface area contributed by atoms with Crippen LogP contribution >= 0.6 is 0 Å². The van der Waals surface area contributed by atoms with Gasteiger partial charge in [-0.15, -0.1) is 0 Å². The van der Waals surface area contributed by atoms with Crippen molar-refractivity contribution >= 4 is 17.8 Å². The summed E-state index contributed by atoms with van der Waals surface area (Å²) < 4.78 is 0. The summed E-state index contributed by atoms with van der Waals surface area (Å²) in [5, 5.41) is 23.4. The number of amides is 1. The molecule has 0 aromatic heterocycles. The minimum Gasteiger partial charge on any atom is -0.862 e. The van der Waals surface area contributed by atoms with Crippen molar-refractivity contribution in [1.82, 2.24) is 5.32 Å². The third-order valence-electron chi connectivity index (χ3n) is 4.27. The molecule has 2 N–H and O–H groups in total. The molecule has 2 atom stereocenters. The number of carboxylic acid groups (broad SMARTS) is 1. The van der Waals surface area contributed by atoms with Gasteiger partial charge in [0.15, 0.2) is 0 Å². The maximum Gasteiger partial charge on any atom is 1.00 e. The van der Waals surface area contributed by atoms with Gasteiger partial charge in [-0.3, -0.25) is 14.6 Å². The van der Waals surface area contributed by atoms with Crippen LogP contribution in [0.5, 0.6) is 0 Å². The van der Waals surface area contributed by atoms with Crippen LogP contribution in [0.2, 0.25) is 0 Å². The molecule has 0 aliphatic heterocycles. The molecule has 0 unspecified atom stereocenters. The summed E-state index contributed by atoms with van der Waals surface area (Å²) in [7, 11) is 0. The van der Waals surface area contributed by atoms with Crippen LogP contribution < -0.4 is 40.0 Å². The molecular weight excluding hydrogens is 355 g/mol. The smallest absolute Gasteiger partial charge is 0.862 e. The standard InChI is InChI=1S/C20H38N2O4.Na/c1-5-6-7-8-9-10-11-12-13-18(23)22-17(14-15(2)3)19(24)21-16(4)20(25)26;/h15-17H,5-14H2,1-4H3,(H,21,24)(H,22,23)(H,25,26);/q;+1/p-1/t16-,17-;/m0./s1. The first kappa shape index (κ1) is 28.6. The Hall–Kier alpha value is -0.590. The van der Waals surface area contributed by atoms with Crippen molar-refractivity contribution in [1.29, 1.82) is 0 Å². The van der Waals surface area contributed by atoms with E-state index in [2.05, 4.69) is 17.2 Å². The van der Waals surface area contributed by atoms with Gasteiger partial charge in [-0.1, -0.05) is 65.7 Å². The van der Waals surface area contributed by atoms with E-state index in [9.17, 15) is 14.7 Å². The number of nitrogens with one attached hydrogen (secondary N) is 1. The van der Waals surface area contributed by atoms with E-state index in [-0.39, 0.29) is 41.4 Å². The molecule has 1 amide bonds. The quantitative estimate of drug-likeness (QED) is 0.181. The second kappa shape index (κ2) is 17.5. The molecule has 0 saturated heterocycles. The van der Waals surface area contributed by atoms with Crippen molar-refractivity contribution in [2.75, 3.05) is 0 Å². The molecular formula is C20H37N2NaO4. The van der Waals surface area contributed by atoms with Gasteiger partial charge in [0.05, 0.1) is 0 Å². The molecule has 0 saturated carbocycles. The molecule has 6 nitrogen and oxygen atoms in total. The Bertz CT molecular complexity index is 442. The summed E-state index contributed by atoms with van der Waals surface area (Å²) in [6.45, 7) is 7.48. The third-order valence-corrected chi connectivity index (χ3v) is 4.27. The van der Waals surface area contributed by atoms with Crippen LogP contribution in [-0.2, 0) is 9.59 Å². The van der Waals surface area contributed by atoms with Crippen molar-refractivity contribution in [2.24, 2.45) is 10.9 Å². The molecule has 0 radical (unpaired) electrons. The Morgan fingerprint density at radius 3 is 2.00 bits per heavy atom. The average molecular weight is 393 g/mol. The van der Waals surface area contributed by atoms with Crippen molar-refractivity contribution in [3.05, 3.63) is 0 Å². The van der Waals surface area contributed by atoms with Gasteiger partial charge in [-0.2, -0.15) is 0 Å². The second-order valence-corrected chi connectivity index (χ2v) is 7.46. The Balaban J connectivity index is 0. The van der Waals surface area contributed by atoms with Crippen molar-refractivity contribution in [3.63, 3.8) is 0 Å². The Morgan fingerprint density at radius 1 is 1.00 bits per heavy atom. The van der Waals surface area contributed by atoms with Crippen LogP contribution in [-0.4, -0.2) is 35.0 Å². The summed E-state index contributed by atoms with van der Waals surface area (Å²) in [5.74, 6) is -1.67. The van der Waals surface area contributed by atoms with Gasteiger partial charge < -0.3 is 15.5 Å². The molecule has 152 valence electrons. The van der Waals surface area contributed by atoms with E-state index < -0.39 is 24.0 Å². The monoisotopic (exact) mass is 392 g/mol. The minimum absolute atomic E-state index is 0. The molecule has 27 heavy (non-hydrogen) atoms. The van der Waals surface area contributed by atoms with E-state index in [0.29, 0.717) is 12.8 Å². The largest absolute Gasteiger partial charge is 1.00 e. The van der Waals surface area contributed by atoms with Gasteiger partial charge in [0.25, 0.3) is 0 Å². The van der Waals surface area contributed by atoms with E-state index >= 15 is 0 Å². The van der Waals surface area contributed by atoms with Crippen LogP contribution in [0.15, 0.2) is 4.99 Å². The van der Waals surface area contributed by atoms with Crippen LogP contribution in [0, 0.1) is 5.92 Å². The van der Waals surface area contributed by atoms with Crippen LogP contribution in [0.3, 0.4) is 0 Å². The summed E-state index contributed by atoms with van der Waals surface area (Å²) in [5.41, 5.74) is 0. The molecule has 0 aromatic rings. The zero-order valence-electron chi connectivity index (χ0n) is 17.9. The fourth-order valence-electron chi connectivity index (χ4n) is 2.68. The molecule has 0 aromatic carbocycles. The third kappa shape index (κ3) is 16.1. The summed E-state index contributed by atoms with van der Waals surface area (Å²) in [6, 6.07) is -1.80. The van der Waals surface area contributed by atoms with Gasteiger partial charge in [0.1, 0.15) is 12.1 Å². The maximum atomic E-state index is 12.2. The summed E-state index contributed by atoms with van der Waals surface area (Å²) in [6.07, 6.45) is 9.98. The van der Waals surface area contributed by atoms with Gasteiger partial charge in [0, 0.05) is 0 Å². The first-order chi connectivity index (χ1) is 12.3. The summed E-state index contributed by atoms with van der Waals surface area (Å²) >= 11 is 0. The topological polar surface area (TPSA) is 102 Å². The number of unbranched alkanes of at least 4 members (excludes halogenated alkanes) is 7. The Morgan fingerprint density at radius 2 is 1.52 bits per heavy atom. The number of aliphatic imine (C=N–C) groups is 1. The number of nitrogens with zero attached hydrogens (tertiary/aromatic N) is 1. The van der Waals surface area contributed by atoms with E-state index in [0.717, 1.165) is 19.3 Å². The molecule has 0 heterocycles. The predicted molar refractivity (Wildman–Crippen MR) is 103 cm³/mol. The first-order valence-corrected chi connectivity index (χ1v) is 10.0. The van der Waals surface area contributed by atoms with Crippen LogP contribution in [0.1, 0.15) is 91.9 Å². The number of rotatable bonds is 15. The molecule has 0 rings (SSSR count). The predicted octanol–water partition coefficient (Wildman–Crippen LogP) is 0.284. The van der Waals surface area contributed by atoms with Crippen molar-refractivity contribution in [3.8, 4) is 0 Å². The maximum absolute atomic E-state index is 12.2. The second-order valence-electron chi connectivity index (χ2n) is 7.46. The zero-order chi connectivity index (χ0) is 19.9. The van der Waals surface area contributed by atoms with Gasteiger partial charge >= 0.3 is 35.5 Å². The van der Waals surface area contributed by atoms with E-state index in [4.69, 9.17) is 5.11 Å². The summed E-state index contributed by atoms with van der Waals surface area (Å²) in [4.78, 5) is 27.1.